The van der Waals surface area contributed by atoms with Crippen molar-refractivity contribution in [2.24, 2.45) is 11.1 Å². The molecule has 1 aliphatic carbocycles. The first-order valence-corrected chi connectivity index (χ1v) is 5.59. The number of non-ortho nitro benzene ring substituents is 1. The van der Waals surface area contributed by atoms with Crippen LogP contribution < -0.4 is 5.73 Å². The number of hydrogen-bond acceptors (Lipinski definition) is 3. The molecule has 1 aromatic rings. The normalized spacial score (nSPS) is 17.8. The van der Waals surface area contributed by atoms with Gasteiger partial charge in [0, 0.05) is 12.1 Å². The van der Waals surface area contributed by atoms with Crippen LogP contribution in [0, 0.1) is 15.5 Å². The average Bonchev–Trinajstić information content (AvgIpc) is 2.24. The van der Waals surface area contributed by atoms with Crippen molar-refractivity contribution in [2.75, 3.05) is 6.54 Å². The SMILES string of the molecule is NCC1(Cc2cccc([N+](=O)[O-])c2)CCC1. The van der Waals surface area contributed by atoms with Crippen LogP contribution in [-0.2, 0) is 6.42 Å². The van der Waals surface area contributed by atoms with Crippen LogP contribution in [-0.4, -0.2) is 11.5 Å². The number of nitro benzene ring substituents is 1. The molecule has 4 heteroatoms. The van der Waals surface area contributed by atoms with Crippen LogP contribution in [0.2, 0.25) is 0 Å². The topological polar surface area (TPSA) is 69.2 Å². The van der Waals surface area contributed by atoms with Gasteiger partial charge < -0.3 is 5.73 Å². The molecule has 0 aromatic heterocycles. The second-order valence-corrected chi connectivity index (χ2v) is 4.66. The molecule has 1 fully saturated rings. The van der Waals surface area contributed by atoms with Crippen molar-refractivity contribution in [3.8, 4) is 0 Å². The van der Waals surface area contributed by atoms with Gasteiger partial charge in [-0.1, -0.05) is 18.6 Å². The lowest BCUT2D eigenvalue weighted by molar-refractivity contribution is -0.384. The Bertz CT molecular complexity index is 394. The van der Waals surface area contributed by atoms with Gasteiger partial charge in [0.05, 0.1) is 4.92 Å². The van der Waals surface area contributed by atoms with Crippen LogP contribution in [0.4, 0.5) is 5.69 Å². The van der Waals surface area contributed by atoms with Crippen molar-refractivity contribution >= 4 is 5.69 Å². The molecular weight excluding hydrogens is 204 g/mol. The maximum absolute atomic E-state index is 10.7. The monoisotopic (exact) mass is 220 g/mol. The smallest absolute Gasteiger partial charge is 0.269 e. The lowest BCUT2D eigenvalue weighted by Crippen LogP contribution is -2.39. The Labute approximate surface area is 94.6 Å². The van der Waals surface area contributed by atoms with E-state index >= 15 is 0 Å². The van der Waals surface area contributed by atoms with Crippen molar-refractivity contribution in [3.63, 3.8) is 0 Å². The van der Waals surface area contributed by atoms with Gasteiger partial charge in [0.15, 0.2) is 0 Å². The van der Waals surface area contributed by atoms with E-state index in [9.17, 15) is 10.1 Å². The lowest BCUT2D eigenvalue weighted by atomic mass is 9.65. The lowest BCUT2D eigenvalue weighted by Gasteiger charge is -2.41. The number of nitro groups is 1. The molecular formula is C12H16N2O2. The minimum Gasteiger partial charge on any atom is -0.330 e. The molecule has 2 N–H and O–H groups in total. The Hall–Kier alpha value is -1.42. The third-order valence-electron chi connectivity index (χ3n) is 3.55. The molecule has 0 amide bonds. The van der Waals surface area contributed by atoms with E-state index in [1.807, 2.05) is 6.07 Å². The van der Waals surface area contributed by atoms with Gasteiger partial charge in [-0.15, -0.1) is 0 Å². The van der Waals surface area contributed by atoms with Crippen molar-refractivity contribution in [3.05, 3.63) is 39.9 Å². The summed E-state index contributed by atoms with van der Waals surface area (Å²) in [5, 5.41) is 10.7. The summed E-state index contributed by atoms with van der Waals surface area (Å²) in [6.07, 6.45) is 4.38. The van der Waals surface area contributed by atoms with Gasteiger partial charge in [-0.05, 0) is 36.8 Å². The maximum atomic E-state index is 10.7. The number of benzene rings is 1. The first-order valence-electron chi connectivity index (χ1n) is 5.59. The first kappa shape index (κ1) is 11.1. The zero-order valence-corrected chi connectivity index (χ0v) is 9.19. The van der Waals surface area contributed by atoms with Gasteiger partial charge in [-0.3, -0.25) is 10.1 Å². The van der Waals surface area contributed by atoms with Crippen molar-refractivity contribution in [1.29, 1.82) is 0 Å². The fourth-order valence-corrected chi connectivity index (χ4v) is 2.34. The molecule has 86 valence electrons. The minimum absolute atomic E-state index is 0.170. The van der Waals surface area contributed by atoms with Crippen LogP contribution in [0.3, 0.4) is 0 Å². The summed E-state index contributed by atoms with van der Waals surface area (Å²) in [5.74, 6) is 0. The van der Waals surface area contributed by atoms with Crippen LogP contribution in [0.1, 0.15) is 24.8 Å². The summed E-state index contributed by atoms with van der Waals surface area (Å²) in [7, 11) is 0. The third-order valence-corrected chi connectivity index (χ3v) is 3.55. The highest BCUT2D eigenvalue weighted by atomic mass is 16.6. The number of hydrogen-bond donors (Lipinski definition) is 1. The Balaban J connectivity index is 2.15. The summed E-state index contributed by atoms with van der Waals surface area (Å²) < 4.78 is 0. The fourth-order valence-electron chi connectivity index (χ4n) is 2.34. The quantitative estimate of drug-likeness (QED) is 0.625. The van der Waals surface area contributed by atoms with Crippen LogP contribution >= 0.6 is 0 Å². The molecule has 0 radical (unpaired) electrons. The first-order chi connectivity index (χ1) is 7.65. The molecule has 1 aromatic carbocycles. The predicted molar refractivity (Wildman–Crippen MR) is 62.1 cm³/mol. The second-order valence-electron chi connectivity index (χ2n) is 4.66. The highest BCUT2D eigenvalue weighted by molar-refractivity contribution is 5.35. The van der Waals surface area contributed by atoms with E-state index in [-0.39, 0.29) is 16.0 Å². The van der Waals surface area contributed by atoms with Crippen LogP contribution in [0.5, 0.6) is 0 Å². The molecule has 1 aliphatic rings. The van der Waals surface area contributed by atoms with Gasteiger partial charge in [-0.25, -0.2) is 0 Å². The minimum atomic E-state index is -0.348. The van der Waals surface area contributed by atoms with Crippen molar-refractivity contribution in [1.82, 2.24) is 0 Å². The highest BCUT2D eigenvalue weighted by Crippen LogP contribution is 2.42. The zero-order chi connectivity index (χ0) is 11.6. The molecule has 4 nitrogen and oxygen atoms in total. The molecule has 0 bridgehead atoms. The summed E-state index contributed by atoms with van der Waals surface area (Å²) >= 11 is 0. The standard InChI is InChI=1S/C12H16N2O2/c13-9-12(5-2-6-12)8-10-3-1-4-11(7-10)14(15)16/h1,3-4,7H,2,5-6,8-9,13H2. The summed E-state index contributed by atoms with van der Waals surface area (Å²) in [5.41, 5.74) is 7.18. The number of rotatable bonds is 4. The zero-order valence-electron chi connectivity index (χ0n) is 9.19. The van der Waals surface area contributed by atoms with Crippen molar-refractivity contribution < 1.29 is 4.92 Å². The van der Waals surface area contributed by atoms with Gasteiger partial charge in [0.25, 0.3) is 5.69 Å². The largest absolute Gasteiger partial charge is 0.330 e. The Morgan fingerprint density at radius 1 is 1.44 bits per heavy atom. The van der Waals surface area contributed by atoms with Gasteiger partial charge in [0.1, 0.15) is 0 Å². The summed E-state index contributed by atoms with van der Waals surface area (Å²) in [4.78, 5) is 10.3. The van der Waals surface area contributed by atoms with E-state index in [1.54, 1.807) is 12.1 Å². The maximum Gasteiger partial charge on any atom is 0.269 e. The second kappa shape index (κ2) is 4.22. The molecule has 0 unspecified atom stereocenters. The molecule has 0 atom stereocenters. The molecule has 1 saturated carbocycles. The predicted octanol–water partition coefficient (Wildman–Crippen LogP) is 2.27. The van der Waals surface area contributed by atoms with Crippen LogP contribution in [0.15, 0.2) is 24.3 Å². The van der Waals surface area contributed by atoms with Crippen molar-refractivity contribution in [2.45, 2.75) is 25.7 Å². The van der Waals surface area contributed by atoms with E-state index in [0.717, 1.165) is 24.8 Å². The van der Waals surface area contributed by atoms with Gasteiger partial charge in [-0.2, -0.15) is 0 Å². The van der Waals surface area contributed by atoms with Gasteiger partial charge in [0.2, 0.25) is 0 Å². The third kappa shape index (κ3) is 2.07. The van der Waals surface area contributed by atoms with E-state index in [4.69, 9.17) is 5.73 Å². The van der Waals surface area contributed by atoms with E-state index in [2.05, 4.69) is 0 Å². The Morgan fingerprint density at radius 2 is 2.19 bits per heavy atom. The summed E-state index contributed by atoms with van der Waals surface area (Å²) in [6, 6.07) is 6.88. The number of nitrogens with two attached hydrogens (primary N) is 1. The van der Waals surface area contributed by atoms with Crippen LogP contribution in [0.25, 0.3) is 0 Å². The molecule has 0 aliphatic heterocycles. The van der Waals surface area contributed by atoms with E-state index in [0.29, 0.717) is 6.54 Å². The summed E-state index contributed by atoms with van der Waals surface area (Å²) in [6.45, 7) is 0.676. The highest BCUT2D eigenvalue weighted by Gasteiger charge is 2.35. The van der Waals surface area contributed by atoms with E-state index < -0.39 is 0 Å². The molecule has 0 saturated heterocycles. The molecule has 2 rings (SSSR count). The van der Waals surface area contributed by atoms with E-state index in [1.165, 1.54) is 12.5 Å². The molecule has 0 heterocycles. The number of nitrogens with zero attached hydrogens (tertiary/aromatic N) is 1. The molecule has 0 spiro atoms. The fraction of sp³-hybridized carbons (Fsp3) is 0.500. The Kier molecular flexibility index (Phi) is 2.92. The molecule has 16 heavy (non-hydrogen) atoms. The average molecular weight is 220 g/mol. The van der Waals surface area contributed by atoms with Gasteiger partial charge >= 0.3 is 0 Å². The Morgan fingerprint density at radius 3 is 2.69 bits per heavy atom.